The summed E-state index contributed by atoms with van der Waals surface area (Å²) in [6, 6.07) is 5.59. The highest BCUT2D eigenvalue weighted by Gasteiger charge is 2.03. The Morgan fingerprint density at radius 1 is 1.28 bits per heavy atom. The molecule has 0 aliphatic carbocycles. The third kappa shape index (κ3) is 4.80. The Balaban J connectivity index is 0.00000289. The lowest BCUT2D eigenvalue weighted by atomic mass is 10.1. The Hall–Kier alpha value is -1.48. The number of methoxy groups -OCH3 is 1. The van der Waals surface area contributed by atoms with E-state index in [1.165, 1.54) is 0 Å². The maximum absolute atomic E-state index is 11.2. The molecule has 1 aromatic carbocycles. The van der Waals surface area contributed by atoms with E-state index in [9.17, 15) is 4.79 Å². The first-order valence-corrected chi connectivity index (χ1v) is 5.73. The maximum atomic E-state index is 11.2. The van der Waals surface area contributed by atoms with E-state index in [0.29, 0.717) is 24.5 Å². The van der Waals surface area contributed by atoms with Crippen LogP contribution in [0.25, 0.3) is 6.08 Å². The molecule has 100 valence electrons. The summed E-state index contributed by atoms with van der Waals surface area (Å²) >= 11 is 0. The molecule has 0 bridgehead atoms. The minimum atomic E-state index is 0. The van der Waals surface area contributed by atoms with Gasteiger partial charge in [-0.15, -0.1) is 12.4 Å². The van der Waals surface area contributed by atoms with Crippen LogP contribution in [0.2, 0.25) is 0 Å². The Kier molecular flexibility index (Phi) is 7.88. The van der Waals surface area contributed by atoms with Crippen LogP contribution in [-0.2, 0) is 4.79 Å². The number of ketones is 1. The number of benzene rings is 1. The van der Waals surface area contributed by atoms with E-state index < -0.39 is 0 Å². The molecular weight excluding hydrogens is 252 g/mol. The summed E-state index contributed by atoms with van der Waals surface area (Å²) in [6.07, 6.45) is 3.88. The normalized spacial score (nSPS) is 9.94. The van der Waals surface area contributed by atoms with Crippen molar-refractivity contribution < 1.29 is 14.3 Å². The van der Waals surface area contributed by atoms with Crippen LogP contribution < -0.4 is 9.47 Å². The molecule has 0 amide bonds. The van der Waals surface area contributed by atoms with Crippen molar-refractivity contribution in [1.82, 2.24) is 0 Å². The maximum Gasteiger partial charge on any atom is 0.161 e. The zero-order chi connectivity index (χ0) is 12.7. The first-order chi connectivity index (χ1) is 8.21. The third-order valence-corrected chi connectivity index (χ3v) is 2.30. The van der Waals surface area contributed by atoms with Crippen molar-refractivity contribution in [2.45, 2.75) is 20.3 Å². The predicted octanol–water partition coefficient (Wildman–Crippen LogP) is 3.51. The summed E-state index contributed by atoms with van der Waals surface area (Å²) in [7, 11) is 1.60. The molecule has 0 atom stereocenters. The molecular formula is C14H19ClO3. The summed E-state index contributed by atoms with van der Waals surface area (Å²) in [4.78, 5) is 11.2. The number of carbonyl (C=O) groups excluding carboxylic acids is 1. The molecule has 18 heavy (non-hydrogen) atoms. The first kappa shape index (κ1) is 16.5. The molecule has 0 N–H and O–H groups in total. The van der Waals surface area contributed by atoms with Gasteiger partial charge in [0, 0.05) is 6.42 Å². The summed E-state index contributed by atoms with van der Waals surface area (Å²) < 4.78 is 10.6. The van der Waals surface area contributed by atoms with Crippen LogP contribution in [0.5, 0.6) is 11.5 Å². The predicted molar refractivity (Wildman–Crippen MR) is 75.7 cm³/mol. The van der Waals surface area contributed by atoms with Gasteiger partial charge < -0.3 is 9.47 Å². The molecule has 0 unspecified atom stereocenters. The fourth-order valence-corrected chi connectivity index (χ4v) is 1.37. The number of ether oxygens (including phenoxy) is 2. The average Bonchev–Trinajstić information content (AvgIpc) is 2.37. The molecule has 0 aliphatic heterocycles. The van der Waals surface area contributed by atoms with Crippen molar-refractivity contribution in [3.05, 3.63) is 29.8 Å². The van der Waals surface area contributed by atoms with Gasteiger partial charge in [0.1, 0.15) is 0 Å². The fraction of sp³-hybridized carbons (Fsp3) is 0.357. The number of hydrogen-bond donors (Lipinski definition) is 0. The lowest BCUT2D eigenvalue weighted by Crippen LogP contribution is -1.95. The van der Waals surface area contributed by atoms with Crippen molar-refractivity contribution in [1.29, 1.82) is 0 Å². The molecule has 3 nitrogen and oxygen atoms in total. The van der Waals surface area contributed by atoms with Gasteiger partial charge >= 0.3 is 0 Å². The smallest absolute Gasteiger partial charge is 0.161 e. The second-order valence-corrected chi connectivity index (χ2v) is 3.50. The molecule has 0 fully saturated rings. The highest BCUT2D eigenvalue weighted by molar-refractivity contribution is 5.93. The number of allylic oxidation sites excluding steroid dienone is 1. The quantitative estimate of drug-likeness (QED) is 0.742. The SMILES string of the molecule is CCOc1ccc(C=CC(=O)CC)cc1OC.Cl. The van der Waals surface area contributed by atoms with Gasteiger partial charge in [-0.1, -0.05) is 19.1 Å². The van der Waals surface area contributed by atoms with Crippen LogP contribution in [0.15, 0.2) is 24.3 Å². The zero-order valence-electron chi connectivity index (χ0n) is 10.9. The van der Waals surface area contributed by atoms with E-state index in [1.807, 2.05) is 32.0 Å². The Morgan fingerprint density at radius 3 is 2.56 bits per heavy atom. The van der Waals surface area contributed by atoms with Crippen LogP contribution in [0, 0.1) is 0 Å². The Labute approximate surface area is 114 Å². The number of rotatable bonds is 6. The molecule has 0 saturated carbocycles. The monoisotopic (exact) mass is 270 g/mol. The molecule has 0 saturated heterocycles. The summed E-state index contributed by atoms with van der Waals surface area (Å²) in [5.41, 5.74) is 0.923. The van der Waals surface area contributed by atoms with Crippen LogP contribution in [0.1, 0.15) is 25.8 Å². The van der Waals surface area contributed by atoms with Gasteiger partial charge in [-0.2, -0.15) is 0 Å². The third-order valence-electron chi connectivity index (χ3n) is 2.30. The summed E-state index contributed by atoms with van der Waals surface area (Å²) in [5, 5.41) is 0. The molecule has 0 aliphatic rings. The molecule has 1 aromatic rings. The van der Waals surface area contributed by atoms with Gasteiger partial charge in [-0.25, -0.2) is 0 Å². The second-order valence-electron chi connectivity index (χ2n) is 3.50. The lowest BCUT2D eigenvalue weighted by molar-refractivity contribution is -0.114. The van der Waals surface area contributed by atoms with E-state index in [0.717, 1.165) is 5.56 Å². The van der Waals surface area contributed by atoms with Crippen LogP contribution in [0.4, 0.5) is 0 Å². The topological polar surface area (TPSA) is 35.5 Å². The molecule has 0 aromatic heterocycles. The Morgan fingerprint density at radius 2 is 2.00 bits per heavy atom. The second kappa shape index (κ2) is 8.59. The molecule has 0 spiro atoms. The van der Waals surface area contributed by atoms with Gasteiger partial charge in [0.05, 0.1) is 13.7 Å². The van der Waals surface area contributed by atoms with Gasteiger partial charge in [0.25, 0.3) is 0 Å². The van der Waals surface area contributed by atoms with E-state index >= 15 is 0 Å². The van der Waals surface area contributed by atoms with Gasteiger partial charge in [0.2, 0.25) is 0 Å². The minimum Gasteiger partial charge on any atom is -0.493 e. The van der Waals surface area contributed by atoms with E-state index in [-0.39, 0.29) is 18.2 Å². The lowest BCUT2D eigenvalue weighted by Gasteiger charge is -2.09. The van der Waals surface area contributed by atoms with Crippen molar-refractivity contribution in [3.63, 3.8) is 0 Å². The zero-order valence-corrected chi connectivity index (χ0v) is 11.8. The fourth-order valence-electron chi connectivity index (χ4n) is 1.37. The number of halogens is 1. The van der Waals surface area contributed by atoms with Gasteiger partial charge in [0.15, 0.2) is 17.3 Å². The molecule has 4 heteroatoms. The van der Waals surface area contributed by atoms with Crippen molar-refractivity contribution in [2.24, 2.45) is 0 Å². The van der Waals surface area contributed by atoms with Gasteiger partial charge in [-0.3, -0.25) is 4.79 Å². The molecule has 0 heterocycles. The van der Waals surface area contributed by atoms with Crippen LogP contribution >= 0.6 is 12.4 Å². The van der Waals surface area contributed by atoms with Crippen molar-refractivity contribution in [2.75, 3.05) is 13.7 Å². The molecule has 1 rings (SSSR count). The average molecular weight is 271 g/mol. The van der Waals surface area contributed by atoms with Crippen LogP contribution in [-0.4, -0.2) is 19.5 Å². The minimum absolute atomic E-state index is 0. The highest BCUT2D eigenvalue weighted by Crippen LogP contribution is 2.28. The summed E-state index contributed by atoms with van der Waals surface area (Å²) in [5.74, 6) is 1.50. The van der Waals surface area contributed by atoms with E-state index in [4.69, 9.17) is 9.47 Å². The number of carbonyl (C=O) groups is 1. The highest BCUT2D eigenvalue weighted by atomic mass is 35.5. The van der Waals surface area contributed by atoms with Crippen molar-refractivity contribution in [3.8, 4) is 11.5 Å². The Bertz CT molecular complexity index is 414. The largest absolute Gasteiger partial charge is 0.493 e. The molecule has 0 radical (unpaired) electrons. The van der Waals surface area contributed by atoms with Crippen LogP contribution in [0.3, 0.4) is 0 Å². The van der Waals surface area contributed by atoms with Crippen molar-refractivity contribution >= 4 is 24.3 Å². The first-order valence-electron chi connectivity index (χ1n) is 5.73. The van der Waals surface area contributed by atoms with Gasteiger partial charge in [-0.05, 0) is 30.7 Å². The standard InChI is InChI=1S/C14H18O3.ClH/c1-4-12(15)8-6-11-7-9-13(17-5-2)14(10-11)16-3;/h6-10H,4-5H2,1-3H3;1H. The summed E-state index contributed by atoms with van der Waals surface area (Å²) in [6.45, 7) is 4.36. The van der Waals surface area contributed by atoms with E-state index in [2.05, 4.69) is 0 Å². The number of hydrogen-bond acceptors (Lipinski definition) is 3. The van der Waals surface area contributed by atoms with E-state index in [1.54, 1.807) is 19.3 Å².